The molecular weight excluding hydrogens is 354 g/mol. The van der Waals surface area contributed by atoms with E-state index in [1.165, 1.54) is 21.5 Å². The predicted molar refractivity (Wildman–Crippen MR) is 88.6 cm³/mol. The molecule has 0 aromatic carbocycles. The van der Waals surface area contributed by atoms with Crippen LogP contribution in [0.1, 0.15) is 23.3 Å². The average Bonchev–Trinajstić information content (AvgIpc) is 3.24. The molecule has 0 aliphatic carbocycles. The molecule has 0 radical (unpaired) electrons. The van der Waals surface area contributed by atoms with Crippen LogP contribution < -0.4 is 0 Å². The Hall–Kier alpha value is -1.52. The summed E-state index contributed by atoms with van der Waals surface area (Å²) in [7, 11) is -3.63. The van der Waals surface area contributed by atoms with Crippen LogP contribution in [-0.2, 0) is 14.8 Å². The van der Waals surface area contributed by atoms with E-state index >= 15 is 0 Å². The first kappa shape index (κ1) is 17.3. The van der Waals surface area contributed by atoms with Gasteiger partial charge in [-0.25, -0.2) is 13.2 Å². The van der Waals surface area contributed by atoms with Crippen LogP contribution >= 0.6 is 11.8 Å². The summed E-state index contributed by atoms with van der Waals surface area (Å²) < 4.78 is 26.6. The standard InChI is InChI=1S/C14H19N3O5S2/c18-13(17-3-1-2-12(17)14(19)20)11-8-10(9-15-11)24(21,22)16-4-6-23-7-5-16/h8-9,12,15H,1-7H2,(H,19,20)/t12-/m0/s1. The first-order valence-electron chi connectivity index (χ1n) is 7.71. The molecule has 2 saturated heterocycles. The highest BCUT2D eigenvalue weighted by Crippen LogP contribution is 2.24. The number of nitrogens with zero attached hydrogens (tertiary/aromatic N) is 2. The number of aromatic amines is 1. The Kier molecular flexibility index (Phi) is 4.88. The van der Waals surface area contributed by atoms with Gasteiger partial charge in [0, 0.05) is 37.3 Å². The number of amides is 1. The van der Waals surface area contributed by atoms with Gasteiger partial charge >= 0.3 is 5.97 Å². The number of H-pyrrole nitrogens is 1. The number of likely N-dealkylation sites (tertiary alicyclic amines) is 1. The zero-order valence-corrected chi connectivity index (χ0v) is 14.6. The lowest BCUT2D eigenvalue weighted by Gasteiger charge is -2.25. The summed E-state index contributed by atoms with van der Waals surface area (Å²) in [6.07, 6.45) is 2.34. The summed E-state index contributed by atoms with van der Waals surface area (Å²) in [6.45, 7) is 1.27. The number of aliphatic carboxylic acids is 1. The second-order valence-electron chi connectivity index (χ2n) is 5.76. The lowest BCUT2D eigenvalue weighted by Crippen LogP contribution is -2.40. The maximum Gasteiger partial charge on any atom is 0.326 e. The Bertz CT molecular complexity index is 739. The molecule has 1 amide bonds. The van der Waals surface area contributed by atoms with Crippen LogP contribution in [0.2, 0.25) is 0 Å². The smallest absolute Gasteiger partial charge is 0.326 e. The van der Waals surface area contributed by atoms with E-state index in [1.807, 2.05) is 0 Å². The van der Waals surface area contributed by atoms with E-state index in [1.54, 1.807) is 11.8 Å². The monoisotopic (exact) mass is 373 g/mol. The van der Waals surface area contributed by atoms with Gasteiger partial charge in [0.25, 0.3) is 5.91 Å². The Balaban J connectivity index is 1.80. The quantitative estimate of drug-likeness (QED) is 0.792. The van der Waals surface area contributed by atoms with Crippen molar-refractivity contribution in [1.29, 1.82) is 0 Å². The number of carbonyl (C=O) groups is 2. The summed E-state index contributed by atoms with van der Waals surface area (Å²) in [6, 6.07) is 0.455. The lowest BCUT2D eigenvalue weighted by atomic mass is 10.2. The first-order chi connectivity index (χ1) is 11.4. The zero-order valence-electron chi connectivity index (χ0n) is 13.0. The molecule has 2 fully saturated rings. The number of thioether (sulfide) groups is 1. The topological polar surface area (TPSA) is 111 Å². The normalized spacial score (nSPS) is 22.7. The molecule has 0 spiro atoms. The van der Waals surface area contributed by atoms with Crippen molar-refractivity contribution in [1.82, 2.24) is 14.2 Å². The zero-order chi connectivity index (χ0) is 17.3. The number of rotatable bonds is 4. The molecule has 1 atom stereocenters. The molecule has 2 aliphatic rings. The van der Waals surface area contributed by atoms with Gasteiger partial charge in [-0.05, 0) is 18.9 Å². The Morgan fingerprint density at radius 2 is 1.96 bits per heavy atom. The van der Waals surface area contributed by atoms with Gasteiger partial charge < -0.3 is 15.0 Å². The molecule has 8 nitrogen and oxygen atoms in total. The maximum absolute atomic E-state index is 12.6. The molecule has 2 N–H and O–H groups in total. The van der Waals surface area contributed by atoms with Crippen LogP contribution in [0.3, 0.4) is 0 Å². The van der Waals surface area contributed by atoms with Crippen LogP contribution in [0, 0.1) is 0 Å². The van der Waals surface area contributed by atoms with E-state index < -0.39 is 27.9 Å². The molecule has 1 aromatic heterocycles. The summed E-state index contributed by atoms with van der Waals surface area (Å²) in [5, 5.41) is 9.18. The number of carboxylic acid groups (broad SMARTS) is 1. The predicted octanol–water partition coefficient (Wildman–Crippen LogP) is 0.441. The van der Waals surface area contributed by atoms with E-state index in [9.17, 15) is 23.1 Å². The summed E-state index contributed by atoms with van der Waals surface area (Å²) >= 11 is 1.71. The molecule has 3 rings (SSSR count). The highest BCUT2D eigenvalue weighted by Gasteiger charge is 2.35. The number of carbonyl (C=O) groups excluding carboxylic acids is 1. The van der Waals surface area contributed by atoms with Crippen molar-refractivity contribution >= 4 is 33.7 Å². The molecule has 24 heavy (non-hydrogen) atoms. The minimum atomic E-state index is -3.63. The number of hydrogen-bond donors (Lipinski definition) is 2. The van der Waals surface area contributed by atoms with Gasteiger partial charge in [-0.2, -0.15) is 16.1 Å². The number of nitrogens with one attached hydrogen (secondary N) is 1. The molecule has 1 aromatic rings. The van der Waals surface area contributed by atoms with Crippen LogP contribution in [0.15, 0.2) is 17.2 Å². The number of aromatic nitrogens is 1. The van der Waals surface area contributed by atoms with Crippen molar-refractivity contribution in [3.63, 3.8) is 0 Å². The third kappa shape index (κ3) is 3.17. The van der Waals surface area contributed by atoms with Crippen LogP contribution in [0.5, 0.6) is 0 Å². The number of hydrogen-bond acceptors (Lipinski definition) is 5. The second-order valence-corrected chi connectivity index (χ2v) is 8.92. The first-order valence-corrected chi connectivity index (χ1v) is 10.3. The fourth-order valence-corrected chi connectivity index (χ4v) is 5.57. The van der Waals surface area contributed by atoms with E-state index in [-0.39, 0.29) is 10.6 Å². The molecular formula is C14H19N3O5S2. The van der Waals surface area contributed by atoms with Crippen molar-refractivity contribution in [2.75, 3.05) is 31.1 Å². The number of carboxylic acids is 1. The SMILES string of the molecule is O=C(O)[C@@H]1CCCN1C(=O)c1cc(S(=O)(=O)N2CCSCC2)c[nH]1. The highest BCUT2D eigenvalue weighted by molar-refractivity contribution is 7.99. The van der Waals surface area contributed by atoms with Gasteiger partial charge in [0.05, 0.1) is 0 Å². The third-order valence-corrected chi connectivity index (χ3v) is 7.11. The molecule has 0 unspecified atom stereocenters. The summed E-state index contributed by atoms with van der Waals surface area (Å²) in [5.41, 5.74) is 0.105. The average molecular weight is 373 g/mol. The number of sulfonamides is 1. The Morgan fingerprint density at radius 3 is 2.62 bits per heavy atom. The van der Waals surface area contributed by atoms with Crippen molar-refractivity contribution < 1.29 is 23.1 Å². The molecule has 2 aliphatic heterocycles. The van der Waals surface area contributed by atoms with E-state index in [0.717, 1.165) is 11.5 Å². The Labute approximate surface area is 144 Å². The van der Waals surface area contributed by atoms with Gasteiger partial charge in [0.1, 0.15) is 16.6 Å². The third-order valence-electron chi connectivity index (χ3n) is 4.29. The fraction of sp³-hybridized carbons (Fsp3) is 0.571. The minimum Gasteiger partial charge on any atom is -0.480 e. The van der Waals surface area contributed by atoms with Crippen LogP contribution in [0.4, 0.5) is 0 Å². The molecule has 0 saturated carbocycles. The van der Waals surface area contributed by atoms with Gasteiger partial charge in [0.15, 0.2) is 0 Å². The summed E-state index contributed by atoms with van der Waals surface area (Å²) in [4.78, 5) is 27.7. The van der Waals surface area contributed by atoms with Crippen molar-refractivity contribution in [2.45, 2.75) is 23.8 Å². The van der Waals surface area contributed by atoms with E-state index in [2.05, 4.69) is 4.98 Å². The molecule has 10 heteroatoms. The molecule has 132 valence electrons. The van der Waals surface area contributed by atoms with E-state index in [4.69, 9.17) is 0 Å². The van der Waals surface area contributed by atoms with Crippen molar-refractivity contribution in [3.05, 3.63) is 18.0 Å². The van der Waals surface area contributed by atoms with Crippen molar-refractivity contribution in [2.24, 2.45) is 0 Å². The Morgan fingerprint density at radius 1 is 1.25 bits per heavy atom. The maximum atomic E-state index is 12.6. The fourth-order valence-electron chi connectivity index (χ4n) is 3.00. The second kappa shape index (κ2) is 6.77. The van der Waals surface area contributed by atoms with Gasteiger partial charge in [-0.3, -0.25) is 4.79 Å². The van der Waals surface area contributed by atoms with Gasteiger partial charge in [-0.1, -0.05) is 0 Å². The lowest BCUT2D eigenvalue weighted by molar-refractivity contribution is -0.141. The molecule has 0 bridgehead atoms. The van der Waals surface area contributed by atoms with Crippen LogP contribution in [0.25, 0.3) is 0 Å². The van der Waals surface area contributed by atoms with Crippen LogP contribution in [-0.4, -0.2) is 76.8 Å². The van der Waals surface area contributed by atoms with Crippen molar-refractivity contribution in [3.8, 4) is 0 Å². The van der Waals surface area contributed by atoms with E-state index in [0.29, 0.717) is 32.5 Å². The largest absolute Gasteiger partial charge is 0.480 e. The summed E-state index contributed by atoms with van der Waals surface area (Å²) in [5.74, 6) is -0.00543. The highest BCUT2D eigenvalue weighted by atomic mass is 32.2. The molecule has 3 heterocycles. The minimum absolute atomic E-state index is 0.0452. The van der Waals surface area contributed by atoms with Gasteiger partial charge in [-0.15, -0.1) is 0 Å². The van der Waals surface area contributed by atoms with Gasteiger partial charge in [0.2, 0.25) is 10.0 Å².